The normalized spacial score (nSPS) is 11.5. The molecule has 2 nitrogen and oxygen atoms in total. The van der Waals surface area contributed by atoms with Crippen LogP contribution in [0.1, 0.15) is 39.5 Å². The minimum absolute atomic E-state index is 0.177. The predicted molar refractivity (Wildman–Crippen MR) is 62.7 cm³/mol. The van der Waals surface area contributed by atoms with Gasteiger partial charge in [0.2, 0.25) is 0 Å². The first kappa shape index (κ1) is 13.7. The van der Waals surface area contributed by atoms with E-state index < -0.39 is 0 Å². The molecule has 0 aliphatic rings. The number of esters is 1. The summed E-state index contributed by atoms with van der Waals surface area (Å²) < 4.78 is 5.10. The van der Waals surface area contributed by atoms with Crippen LogP contribution in [0.3, 0.4) is 0 Å². The van der Waals surface area contributed by atoms with Gasteiger partial charge >= 0.3 is 5.97 Å². The zero-order chi connectivity index (χ0) is 10.8. The molecule has 0 aromatic carbocycles. The van der Waals surface area contributed by atoms with E-state index in [2.05, 4.69) is 29.8 Å². The molecular weight excluding hydrogens is 244 g/mol. The predicted octanol–water partition coefficient (Wildman–Crippen LogP) is 3.45. The quantitative estimate of drug-likeness (QED) is 0.304. The number of alkyl halides is 1. The third kappa shape index (κ3) is 6.19. The first-order chi connectivity index (χ1) is 6.76. The van der Waals surface area contributed by atoms with E-state index in [1.54, 1.807) is 0 Å². The van der Waals surface area contributed by atoms with Gasteiger partial charge in [0.25, 0.3) is 0 Å². The van der Waals surface area contributed by atoms with Gasteiger partial charge in [0.05, 0.1) is 6.61 Å². The van der Waals surface area contributed by atoms with Crippen LogP contribution in [0.2, 0.25) is 0 Å². The first-order valence-electron chi connectivity index (χ1n) is 5.18. The van der Waals surface area contributed by atoms with Crippen LogP contribution in [-0.4, -0.2) is 17.9 Å². The molecule has 14 heavy (non-hydrogen) atoms. The van der Waals surface area contributed by atoms with E-state index in [-0.39, 0.29) is 5.97 Å². The molecule has 0 aliphatic carbocycles. The van der Waals surface area contributed by atoms with Gasteiger partial charge < -0.3 is 4.74 Å². The smallest absolute Gasteiger partial charge is 0.334 e. The van der Waals surface area contributed by atoms with Gasteiger partial charge in [-0.05, 0) is 12.8 Å². The summed E-state index contributed by atoms with van der Waals surface area (Å²) in [6.07, 6.45) is 5.93. The third-order valence-electron chi connectivity index (χ3n) is 1.82. The van der Waals surface area contributed by atoms with E-state index in [9.17, 15) is 4.79 Å². The fourth-order valence-electron chi connectivity index (χ4n) is 0.913. The minimum Gasteiger partial charge on any atom is -0.462 e. The Balaban J connectivity index is 3.91. The van der Waals surface area contributed by atoms with Crippen molar-refractivity contribution in [1.29, 1.82) is 0 Å². The van der Waals surface area contributed by atoms with Crippen molar-refractivity contribution >= 4 is 21.9 Å². The van der Waals surface area contributed by atoms with Gasteiger partial charge in [0.15, 0.2) is 0 Å². The average molecular weight is 263 g/mol. The van der Waals surface area contributed by atoms with Crippen LogP contribution in [0, 0.1) is 0 Å². The second kappa shape index (κ2) is 9.25. The highest BCUT2D eigenvalue weighted by atomic mass is 79.9. The van der Waals surface area contributed by atoms with Gasteiger partial charge in [-0.1, -0.05) is 48.7 Å². The van der Waals surface area contributed by atoms with Crippen LogP contribution in [0.5, 0.6) is 0 Å². The lowest BCUT2D eigenvalue weighted by molar-refractivity contribution is -0.139. The van der Waals surface area contributed by atoms with Crippen LogP contribution < -0.4 is 0 Å². The summed E-state index contributed by atoms with van der Waals surface area (Å²) in [4.78, 5) is 11.4. The molecule has 0 aromatic heterocycles. The summed E-state index contributed by atoms with van der Waals surface area (Å²) in [5.41, 5.74) is 0.739. The zero-order valence-corrected chi connectivity index (χ0v) is 10.6. The molecule has 0 heterocycles. The lowest BCUT2D eigenvalue weighted by Gasteiger charge is -2.05. The van der Waals surface area contributed by atoms with Gasteiger partial charge in [0.1, 0.15) is 0 Å². The second-order valence-corrected chi connectivity index (χ2v) is 3.70. The number of unbranched alkanes of at least 4 members (excludes halogenated alkanes) is 2. The molecule has 0 atom stereocenters. The highest BCUT2D eigenvalue weighted by Crippen LogP contribution is 2.06. The molecule has 0 amide bonds. The van der Waals surface area contributed by atoms with Crippen LogP contribution in [-0.2, 0) is 9.53 Å². The number of carbonyl (C=O) groups excluding carboxylic acids is 1. The van der Waals surface area contributed by atoms with E-state index >= 15 is 0 Å². The Morgan fingerprint density at radius 2 is 2.07 bits per heavy atom. The summed E-state index contributed by atoms with van der Waals surface area (Å²) >= 11 is 3.29. The molecule has 0 saturated carbocycles. The van der Waals surface area contributed by atoms with Crippen molar-refractivity contribution in [2.75, 3.05) is 11.9 Å². The average Bonchev–Trinajstić information content (AvgIpc) is 2.19. The van der Waals surface area contributed by atoms with Crippen molar-refractivity contribution in [2.24, 2.45) is 0 Å². The lowest BCUT2D eigenvalue weighted by Crippen LogP contribution is -2.10. The maximum absolute atomic E-state index is 11.4. The number of allylic oxidation sites excluding steroid dienone is 1. The summed E-state index contributed by atoms with van der Waals surface area (Å²) in [6, 6.07) is 0. The molecule has 0 saturated heterocycles. The molecule has 0 aromatic rings. The van der Waals surface area contributed by atoms with Crippen molar-refractivity contribution in [3.05, 3.63) is 11.6 Å². The number of hydrogen-bond acceptors (Lipinski definition) is 2. The van der Waals surface area contributed by atoms with Gasteiger partial charge in [0, 0.05) is 10.9 Å². The Morgan fingerprint density at radius 1 is 1.36 bits per heavy atom. The fraction of sp³-hybridized carbons (Fsp3) is 0.727. The molecule has 0 fully saturated rings. The standard InChI is InChI=1S/C11H19BrO2/c1-3-5-7-10(9-12)11(13)14-8-6-4-2/h7H,3-6,8-9H2,1-2H3. The van der Waals surface area contributed by atoms with Crippen molar-refractivity contribution < 1.29 is 9.53 Å². The minimum atomic E-state index is -0.177. The van der Waals surface area contributed by atoms with Gasteiger partial charge in [-0.25, -0.2) is 4.79 Å². The highest BCUT2D eigenvalue weighted by molar-refractivity contribution is 9.09. The molecule has 0 N–H and O–H groups in total. The molecule has 0 unspecified atom stereocenters. The summed E-state index contributed by atoms with van der Waals surface area (Å²) in [6.45, 7) is 4.70. The van der Waals surface area contributed by atoms with Crippen molar-refractivity contribution in [3.8, 4) is 0 Å². The van der Waals surface area contributed by atoms with E-state index in [0.717, 1.165) is 31.3 Å². The van der Waals surface area contributed by atoms with Gasteiger partial charge in [-0.3, -0.25) is 0 Å². The first-order valence-corrected chi connectivity index (χ1v) is 6.30. The Bertz CT molecular complexity index is 188. The van der Waals surface area contributed by atoms with Gasteiger partial charge in [-0.2, -0.15) is 0 Å². The van der Waals surface area contributed by atoms with Crippen molar-refractivity contribution in [3.63, 3.8) is 0 Å². The SMILES string of the molecule is CCCC=C(CBr)C(=O)OCCCC. The van der Waals surface area contributed by atoms with E-state index in [4.69, 9.17) is 4.74 Å². The van der Waals surface area contributed by atoms with Crippen LogP contribution in [0.15, 0.2) is 11.6 Å². The molecule has 0 bridgehead atoms. The Morgan fingerprint density at radius 3 is 2.57 bits per heavy atom. The third-order valence-corrected chi connectivity index (χ3v) is 2.42. The summed E-state index contributed by atoms with van der Waals surface area (Å²) in [7, 11) is 0. The molecule has 3 heteroatoms. The van der Waals surface area contributed by atoms with E-state index in [1.165, 1.54) is 0 Å². The number of ether oxygens (including phenoxy) is 1. The number of halogens is 1. The Labute approximate surface area is 94.8 Å². The van der Waals surface area contributed by atoms with E-state index in [1.807, 2.05) is 6.08 Å². The summed E-state index contributed by atoms with van der Waals surface area (Å²) in [5.74, 6) is -0.177. The van der Waals surface area contributed by atoms with E-state index in [0.29, 0.717) is 11.9 Å². The number of rotatable bonds is 7. The molecule has 82 valence electrons. The Hall–Kier alpha value is -0.310. The molecule has 0 spiro atoms. The van der Waals surface area contributed by atoms with Crippen LogP contribution in [0.4, 0.5) is 0 Å². The number of hydrogen-bond donors (Lipinski definition) is 0. The number of carbonyl (C=O) groups is 1. The van der Waals surface area contributed by atoms with Crippen LogP contribution >= 0.6 is 15.9 Å². The topological polar surface area (TPSA) is 26.3 Å². The second-order valence-electron chi connectivity index (χ2n) is 3.14. The molecular formula is C11H19BrO2. The van der Waals surface area contributed by atoms with Crippen molar-refractivity contribution in [1.82, 2.24) is 0 Å². The largest absolute Gasteiger partial charge is 0.462 e. The Kier molecular flexibility index (Phi) is 9.05. The molecule has 0 aliphatic heterocycles. The highest BCUT2D eigenvalue weighted by Gasteiger charge is 2.08. The maximum Gasteiger partial charge on any atom is 0.334 e. The lowest BCUT2D eigenvalue weighted by atomic mass is 10.2. The maximum atomic E-state index is 11.4. The molecule has 0 rings (SSSR count). The fourth-order valence-corrected chi connectivity index (χ4v) is 1.37. The monoisotopic (exact) mass is 262 g/mol. The zero-order valence-electron chi connectivity index (χ0n) is 9.01. The molecule has 0 radical (unpaired) electrons. The van der Waals surface area contributed by atoms with Gasteiger partial charge in [-0.15, -0.1) is 0 Å². The van der Waals surface area contributed by atoms with Crippen molar-refractivity contribution in [2.45, 2.75) is 39.5 Å². The van der Waals surface area contributed by atoms with Crippen LogP contribution in [0.25, 0.3) is 0 Å². The summed E-state index contributed by atoms with van der Waals surface area (Å²) in [5, 5.41) is 0.581.